The van der Waals surface area contributed by atoms with E-state index in [1.54, 1.807) is 0 Å². The van der Waals surface area contributed by atoms with Gasteiger partial charge in [-0.1, -0.05) is 12.1 Å². The second kappa shape index (κ2) is 7.33. The Bertz CT molecular complexity index is 803. The summed E-state index contributed by atoms with van der Waals surface area (Å²) < 4.78 is 55.9. The van der Waals surface area contributed by atoms with Gasteiger partial charge in [-0.25, -0.2) is 9.18 Å². The number of halogens is 4. The molecule has 0 aliphatic carbocycles. The van der Waals surface area contributed by atoms with Crippen LogP contribution in [0.5, 0.6) is 0 Å². The number of anilines is 1. The molecule has 4 nitrogen and oxygen atoms in total. The van der Waals surface area contributed by atoms with Gasteiger partial charge in [-0.3, -0.25) is 4.79 Å². The van der Waals surface area contributed by atoms with Gasteiger partial charge in [0.25, 0.3) is 5.91 Å². The maximum Gasteiger partial charge on any atom is 0.416 e. The second-order valence-electron chi connectivity index (χ2n) is 5.17. The van der Waals surface area contributed by atoms with Crippen LogP contribution in [-0.2, 0) is 15.7 Å². The molecule has 0 saturated heterocycles. The highest BCUT2D eigenvalue weighted by atomic mass is 19.4. The Morgan fingerprint density at radius 3 is 2.48 bits per heavy atom. The number of rotatable bonds is 4. The van der Waals surface area contributed by atoms with Gasteiger partial charge in [0.2, 0.25) is 0 Å². The molecule has 0 aromatic heterocycles. The fourth-order valence-electron chi connectivity index (χ4n) is 1.90. The number of carbonyl (C=O) groups is 2. The minimum absolute atomic E-state index is 0.0741. The van der Waals surface area contributed by atoms with Gasteiger partial charge in [-0.05, 0) is 42.8 Å². The van der Waals surface area contributed by atoms with Crippen LogP contribution in [0.1, 0.15) is 21.5 Å². The average Bonchev–Trinajstić information content (AvgIpc) is 2.54. The first-order valence-corrected chi connectivity index (χ1v) is 7.07. The van der Waals surface area contributed by atoms with E-state index in [0.717, 1.165) is 24.3 Å². The van der Waals surface area contributed by atoms with E-state index in [-0.39, 0.29) is 11.3 Å². The van der Waals surface area contributed by atoms with Crippen molar-refractivity contribution in [3.63, 3.8) is 0 Å². The molecule has 2 aromatic carbocycles. The zero-order valence-corrected chi connectivity index (χ0v) is 13.0. The van der Waals surface area contributed by atoms with Crippen LogP contribution in [0.25, 0.3) is 0 Å². The number of hydrogen-bond acceptors (Lipinski definition) is 3. The van der Waals surface area contributed by atoms with Crippen LogP contribution in [0.15, 0.2) is 42.5 Å². The average molecular weight is 355 g/mol. The van der Waals surface area contributed by atoms with Crippen molar-refractivity contribution in [2.75, 3.05) is 11.9 Å². The summed E-state index contributed by atoms with van der Waals surface area (Å²) in [6.07, 6.45) is -4.54. The van der Waals surface area contributed by atoms with E-state index in [2.05, 4.69) is 5.32 Å². The number of esters is 1. The molecule has 2 rings (SSSR count). The van der Waals surface area contributed by atoms with Crippen molar-refractivity contribution in [3.05, 3.63) is 65.0 Å². The van der Waals surface area contributed by atoms with Crippen molar-refractivity contribution in [2.24, 2.45) is 0 Å². The molecule has 0 radical (unpaired) electrons. The fraction of sp³-hybridized carbons (Fsp3) is 0.176. The summed E-state index contributed by atoms with van der Waals surface area (Å²) >= 11 is 0. The Balaban J connectivity index is 1.94. The molecule has 0 atom stereocenters. The quantitative estimate of drug-likeness (QED) is 0.667. The van der Waals surface area contributed by atoms with Gasteiger partial charge in [0.05, 0.1) is 11.1 Å². The highest BCUT2D eigenvalue weighted by molar-refractivity contribution is 5.95. The van der Waals surface area contributed by atoms with Crippen molar-refractivity contribution in [1.82, 2.24) is 0 Å². The zero-order valence-electron chi connectivity index (χ0n) is 13.0. The lowest BCUT2D eigenvalue weighted by atomic mass is 10.1. The highest BCUT2D eigenvalue weighted by Crippen LogP contribution is 2.30. The zero-order chi connectivity index (χ0) is 18.6. The fourth-order valence-corrected chi connectivity index (χ4v) is 1.90. The summed E-state index contributed by atoms with van der Waals surface area (Å²) in [5.41, 5.74) is -0.733. The topological polar surface area (TPSA) is 55.4 Å². The summed E-state index contributed by atoms with van der Waals surface area (Å²) in [5.74, 6) is -2.33. The summed E-state index contributed by atoms with van der Waals surface area (Å²) in [6, 6.07) is 7.73. The molecule has 132 valence electrons. The van der Waals surface area contributed by atoms with Crippen molar-refractivity contribution in [2.45, 2.75) is 13.1 Å². The number of nitrogens with one attached hydrogen (secondary N) is 1. The maximum atomic E-state index is 13.4. The van der Waals surface area contributed by atoms with Gasteiger partial charge in [0, 0.05) is 5.69 Å². The summed E-state index contributed by atoms with van der Waals surface area (Å²) in [4.78, 5) is 23.4. The lowest BCUT2D eigenvalue weighted by molar-refractivity contribution is -0.137. The Kier molecular flexibility index (Phi) is 5.41. The minimum Gasteiger partial charge on any atom is -0.452 e. The van der Waals surface area contributed by atoms with E-state index < -0.39 is 36.0 Å². The standard InChI is InChI=1S/C17H13F4NO3/c1-10-5-6-11(7-14(10)18)16(24)25-9-15(23)22-13-4-2-3-12(8-13)17(19,20)21/h2-8H,9H2,1H3,(H,22,23). The van der Waals surface area contributed by atoms with E-state index in [9.17, 15) is 27.2 Å². The molecular weight excluding hydrogens is 342 g/mol. The third-order valence-electron chi connectivity index (χ3n) is 3.22. The maximum absolute atomic E-state index is 13.4. The third-order valence-corrected chi connectivity index (χ3v) is 3.22. The van der Waals surface area contributed by atoms with Crippen LogP contribution >= 0.6 is 0 Å². The number of benzene rings is 2. The van der Waals surface area contributed by atoms with Gasteiger partial charge in [-0.2, -0.15) is 13.2 Å². The Morgan fingerprint density at radius 2 is 1.84 bits per heavy atom. The molecular formula is C17H13F4NO3. The van der Waals surface area contributed by atoms with Crippen LogP contribution < -0.4 is 5.32 Å². The molecule has 0 aliphatic heterocycles. The SMILES string of the molecule is Cc1ccc(C(=O)OCC(=O)Nc2cccc(C(F)(F)F)c2)cc1F. The number of ether oxygens (including phenoxy) is 1. The molecule has 25 heavy (non-hydrogen) atoms. The number of aryl methyl sites for hydroxylation is 1. The Hall–Kier alpha value is -2.90. The first-order chi connectivity index (χ1) is 11.7. The highest BCUT2D eigenvalue weighted by Gasteiger charge is 2.30. The molecule has 0 fully saturated rings. The molecule has 0 unspecified atom stereocenters. The van der Waals surface area contributed by atoms with E-state index in [1.807, 2.05) is 0 Å². The number of alkyl halides is 3. The van der Waals surface area contributed by atoms with Crippen LogP contribution in [0.2, 0.25) is 0 Å². The second-order valence-corrected chi connectivity index (χ2v) is 5.17. The monoisotopic (exact) mass is 355 g/mol. The Morgan fingerprint density at radius 1 is 1.12 bits per heavy atom. The van der Waals surface area contributed by atoms with Gasteiger partial charge >= 0.3 is 12.1 Å². The first-order valence-electron chi connectivity index (χ1n) is 7.07. The largest absolute Gasteiger partial charge is 0.452 e. The van der Waals surface area contributed by atoms with Gasteiger partial charge in [-0.15, -0.1) is 0 Å². The predicted octanol–water partition coefficient (Wildman–Crippen LogP) is 3.95. The third kappa shape index (κ3) is 5.03. The summed E-state index contributed by atoms with van der Waals surface area (Å²) in [7, 11) is 0. The van der Waals surface area contributed by atoms with Gasteiger partial charge in [0.15, 0.2) is 6.61 Å². The van der Waals surface area contributed by atoms with Crippen LogP contribution in [0.3, 0.4) is 0 Å². The van der Waals surface area contributed by atoms with Crippen molar-refractivity contribution in [3.8, 4) is 0 Å². The van der Waals surface area contributed by atoms with Crippen molar-refractivity contribution < 1.29 is 31.9 Å². The number of hydrogen-bond donors (Lipinski definition) is 1. The predicted molar refractivity (Wildman–Crippen MR) is 81.5 cm³/mol. The lowest BCUT2D eigenvalue weighted by Crippen LogP contribution is -2.21. The van der Waals surface area contributed by atoms with Crippen molar-refractivity contribution >= 4 is 17.6 Å². The summed E-state index contributed by atoms with van der Waals surface area (Å²) in [5, 5.41) is 2.19. The van der Waals surface area contributed by atoms with E-state index in [1.165, 1.54) is 25.1 Å². The molecule has 8 heteroatoms. The van der Waals surface area contributed by atoms with E-state index >= 15 is 0 Å². The van der Waals surface area contributed by atoms with Crippen LogP contribution in [-0.4, -0.2) is 18.5 Å². The minimum atomic E-state index is -4.54. The Labute approximate surface area is 140 Å². The molecule has 0 saturated carbocycles. The molecule has 1 N–H and O–H groups in total. The summed E-state index contributed by atoms with van der Waals surface area (Å²) in [6.45, 7) is 0.803. The van der Waals surface area contributed by atoms with E-state index in [0.29, 0.717) is 5.56 Å². The van der Waals surface area contributed by atoms with Gasteiger partial charge < -0.3 is 10.1 Å². The molecule has 0 bridgehead atoms. The smallest absolute Gasteiger partial charge is 0.416 e. The number of amides is 1. The van der Waals surface area contributed by atoms with Gasteiger partial charge in [0.1, 0.15) is 5.82 Å². The molecule has 0 heterocycles. The molecule has 2 aromatic rings. The molecule has 0 spiro atoms. The van der Waals surface area contributed by atoms with E-state index in [4.69, 9.17) is 4.74 Å². The molecule has 1 amide bonds. The molecule has 0 aliphatic rings. The lowest BCUT2D eigenvalue weighted by Gasteiger charge is -2.10. The van der Waals surface area contributed by atoms with Crippen LogP contribution in [0, 0.1) is 12.7 Å². The number of carbonyl (C=O) groups excluding carboxylic acids is 2. The van der Waals surface area contributed by atoms with Crippen LogP contribution in [0.4, 0.5) is 23.2 Å². The normalized spacial score (nSPS) is 11.1. The first kappa shape index (κ1) is 18.4. The van der Waals surface area contributed by atoms with Crippen molar-refractivity contribution in [1.29, 1.82) is 0 Å².